The molecule has 0 bridgehead atoms. The molecule has 0 amide bonds. The Morgan fingerprint density at radius 2 is 1.93 bits per heavy atom. The van der Waals surface area contributed by atoms with Crippen LogP contribution < -0.4 is 4.90 Å². The molecule has 0 fully saturated rings. The van der Waals surface area contributed by atoms with Crippen molar-refractivity contribution in [3.8, 4) is 0 Å². The monoisotopic (exact) mass is 208 g/mol. The van der Waals surface area contributed by atoms with Gasteiger partial charge in [0.25, 0.3) is 0 Å². The third-order valence-corrected chi connectivity index (χ3v) is 2.61. The summed E-state index contributed by atoms with van der Waals surface area (Å²) in [5.41, 5.74) is 1.18. The summed E-state index contributed by atoms with van der Waals surface area (Å²) in [4.78, 5) is 4.44. The lowest BCUT2D eigenvalue weighted by molar-refractivity contribution is 0.429. The van der Waals surface area contributed by atoms with Crippen LogP contribution in [0.15, 0.2) is 36.7 Å². The maximum absolute atomic E-state index is 5.83. The summed E-state index contributed by atoms with van der Waals surface area (Å²) < 4.78 is 0. The Morgan fingerprint density at radius 1 is 1.21 bits per heavy atom. The van der Waals surface area contributed by atoms with Crippen molar-refractivity contribution in [2.75, 3.05) is 18.1 Å². The Kier molecular flexibility index (Phi) is 2.64. The van der Waals surface area contributed by atoms with Crippen LogP contribution in [0.2, 0.25) is 5.02 Å². The van der Waals surface area contributed by atoms with Crippen molar-refractivity contribution in [1.82, 2.24) is 4.90 Å². The molecule has 1 aliphatic rings. The van der Waals surface area contributed by atoms with E-state index in [1.807, 2.05) is 24.3 Å². The van der Waals surface area contributed by atoms with Crippen molar-refractivity contribution >= 4 is 17.3 Å². The third-order valence-electron chi connectivity index (χ3n) is 2.36. The fourth-order valence-corrected chi connectivity index (χ4v) is 1.60. The van der Waals surface area contributed by atoms with Crippen molar-refractivity contribution in [2.45, 2.75) is 6.92 Å². The number of benzene rings is 1. The van der Waals surface area contributed by atoms with Crippen LogP contribution in [-0.2, 0) is 0 Å². The van der Waals surface area contributed by atoms with Crippen LogP contribution in [0.5, 0.6) is 0 Å². The fourth-order valence-electron chi connectivity index (χ4n) is 1.47. The van der Waals surface area contributed by atoms with Gasteiger partial charge in [0.15, 0.2) is 0 Å². The van der Waals surface area contributed by atoms with Gasteiger partial charge in [-0.2, -0.15) is 0 Å². The zero-order chi connectivity index (χ0) is 9.97. The molecule has 0 saturated heterocycles. The molecule has 0 aromatic heterocycles. The summed E-state index contributed by atoms with van der Waals surface area (Å²) in [6, 6.07) is 7.90. The topological polar surface area (TPSA) is 6.48 Å². The highest BCUT2D eigenvalue weighted by Crippen LogP contribution is 2.21. The van der Waals surface area contributed by atoms with Crippen LogP contribution in [0.4, 0.5) is 5.69 Å². The fraction of sp³-hybridized carbons (Fsp3) is 0.273. The minimum Gasteiger partial charge on any atom is -0.359 e. The molecule has 1 heterocycles. The molecule has 74 valence electrons. The van der Waals surface area contributed by atoms with Crippen LogP contribution in [-0.4, -0.2) is 18.1 Å². The second-order valence-corrected chi connectivity index (χ2v) is 3.73. The lowest BCUT2D eigenvalue weighted by Crippen LogP contribution is -2.24. The summed E-state index contributed by atoms with van der Waals surface area (Å²) >= 11 is 5.83. The molecule has 0 N–H and O–H groups in total. The van der Waals surface area contributed by atoms with Crippen molar-refractivity contribution in [3.63, 3.8) is 0 Å². The molecule has 0 aliphatic carbocycles. The summed E-state index contributed by atoms with van der Waals surface area (Å²) in [5.74, 6) is 0. The van der Waals surface area contributed by atoms with Gasteiger partial charge in [-0.15, -0.1) is 0 Å². The zero-order valence-electron chi connectivity index (χ0n) is 8.15. The largest absolute Gasteiger partial charge is 0.359 e. The number of nitrogens with zero attached hydrogens (tertiary/aromatic N) is 2. The van der Waals surface area contributed by atoms with E-state index >= 15 is 0 Å². The lowest BCUT2D eigenvalue weighted by Gasteiger charge is -2.19. The van der Waals surface area contributed by atoms with Gasteiger partial charge in [-0.05, 0) is 31.2 Å². The molecule has 14 heavy (non-hydrogen) atoms. The molecular formula is C11H13ClN2. The molecule has 1 aromatic rings. The SMILES string of the molecule is CCN1C=CN(c2ccc(Cl)cc2)C1. The van der Waals surface area contributed by atoms with E-state index in [9.17, 15) is 0 Å². The van der Waals surface area contributed by atoms with E-state index < -0.39 is 0 Å². The molecule has 0 atom stereocenters. The Balaban J connectivity index is 2.11. The highest BCUT2D eigenvalue weighted by Gasteiger charge is 2.11. The minimum absolute atomic E-state index is 0.782. The normalized spacial score (nSPS) is 15.3. The number of hydrogen-bond acceptors (Lipinski definition) is 2. The van der Waals surface area contributed by atoms with E-state index in [1.54, 1.807) is 0 Å². The summed E-state index contributed by atoms with van der Waals surface area (Å²) in [6.07, 6.45) is 4.20. The van der Waals surface area contributed by atoms with Gasteiger partial charge in [0, 0.05) is 29.7 Å². The van der Waals surface area contributed by atoms with Crippen LogP contribution >= 0.6 is 11.6 Å². The van der Waals surface area contributed by atoms with Gasteiger partial charge in [-0.25, -0.2) is 0 Å². The summed E-state index contributed by atoms with van der Waals surface area (Å²) in [6.45, 7) is 4.12. The maximum Gasteiger partial charge on any atom is 0.0941 e. The minimum atomic E-state index is 0.782. The second-order valence-electron chi connectivity index (χ2n) is 3.29. The lowest BCUT2D eigenvalue weighted by atomic mass is 10.3. The highest BCUT2D eigenvalue weighted by molar-refractivity contribution is 6.30. The maximum atomic E-state index is 5.83. The van der Waals surface area contributed by atoms with Crippen LogP contribution in [0.1, 0.15) is 6.92 Å². The smallest absolute Gasteiger partial charge is 0.0941 e. The molecule has 0 radical (unpaired) electrons. The van der Waals surface area contributed by atoms with E-state index in [0.717, 1.165) is 18.2 Å². The summed E-state index contributed by atoms with van der Waals surface area (Å²) in [7, 11) is 0. The van der Waals surface area contributed by atoms with Crippen molar-refractivity contribution in [3.05, 3.63) is 41.7 Å². The number of halogens is 1. The Morgan fingerprint density at radius 3 is 2.50 bits per heavy atom. The van der Waals surface area contributed by atoms with Gasteiger partial charge in [0.05, 0.1) is 6.67 Å². The van der Waals surface area contributed by atoms with Crippen LogP contribution in [0.25, 0.3) is 0 Å². The highest BCUT2D eigenvalue weighted by atomic mass is 35.5. The molecular weight excluding hydrogens is 196 g/mol. The van der Waals surface area contributed by atoms with Gasteiger partial charge in [0.1, 0.15) is 0 Å². The van der Waals surface area contributed by atoms with Crippen molar-refractivity contribution in [1.29, 1.82) is 0 Å². The van der Waals surface area contributed by atoms with Crippen molar-refractivity contribution in [2.24, 2.45) is 0 Å². The number of anilines is 1. The van der Waals surface area contributed by atoms with Crippen LogP contribution in [0.3, 0.4) is 0 Å². The van der Waals surface area contributed by atoms with Gasteiger partial charge < -0.3 is 9.80 Å². The molecule has 2 rings (SSSR count). The molecule has 1 aromatic carbocycles. The Bertz CT molecular complexity index is 332. The van der Waals surface area contributed by atoms with E-state index in [4.69, 9.17) is 11.6 Å². The average molecular weight is 209 g/mol. The van der Waals surface area contributed by atoms with E-state index in [0.29, 0.717) is 0 Å². The molecule has 1 aliphatic heterocycles. The van der Waals surface area contributed by atoms with Crippen LogP contribution in [0, 0.1) is 0 Å². The van der Waals surface area contributed by atoms with Gasteiger partial charge in [0.2, 0.25) is 0 Å². The average Bonchev–Trinajstić information content (AvgIpc) is 2.67. The molecule has 2 nitrogen and oxygen atoms in total. The molecule has 0 saturated carbocycles. The van der Waals surface area contributed by atoms with E-state index in [2.05, 4.69) is 29.1 Å². The predicted molar refractivity (Wildman–Crippen MR) is 60.3 cm³/mol. The number of rotatable bonds is 2. The Labute approximate surface area is 89.4 Å². The quantitative estimate of drug-likeness (QED) is 0.738. The number of hydrogen-bond donors (Lipinski definition) is 0. The van der Waals surface area contributed by atoms with Gasteiger partial charge in [-0.1, -0.05) is 11.6 Å². The third kappa shape index (κ3) is 1.85. The van der Waals surface area contributed by atoms with E-state index in [1.165, 1.54) is 5.69 Å². The molecule has 3 heteroatoms. The first-order valence-electron chi connectivity index (χ1n) is 4.74. The first-order valence-corrected chi connectivity index (χ1v) is 5.12. The predicted octanol–water partition coefficient (Wildman–Crippen LogP) is 2.91. The molecule has 0 unspecified atom stereocenters. The van der Waals surface area contributed by atoms with Crippen molar-refractivity contribution < 1.29 is 0 Å². The zero-order valence-corrected chi connectivity index (χ0v) is 8.91. The summed E-state index contributed by atoms with van der Waals surface area (Å²) in [5, 5.41) is 0.782. The first kappa shape index (κ1) is 9.41. The standard InChI is InChI=1S/C11H13ClN2/c1-2-13-7-8-14(9-13)11-5-3-10(12)4-6-11/h3-8H,2,9H2,1H3. The second kappa shape index (κ2) is 3.93. The molecule has 0 spiro atoms. The van der Waals surface area contributed by atoms with Gasteiger partial charge >= 0.3 is 0 Å². The van der Waals surface area contributed by atoms with Gasteiger partial charge in [-0.3, -0.25) is 0 Å². The van der Waals surface area contributed by atoms with E-state index in [-0.39, 0.29) is 0 Å². The Hall–Kier alpha value is -1.15. The first-order chi connectivity index (χ1) is 6.79.